The zero-order valence-electron chi connectivity index (χ0n) is 6.96. The molecule has 0 spiro atoms. The highest BCUT2D eigenvalue weighted by atomic mass is 14.8. The molecule has 11 heavy (non-hydrogen) atoms. The van der Waals surface area contributed by atoms with Crippen LogP contribution < -0.4 is 0 Å². The van der Waals surface area contributed by atoms with Crippen LogP contribution in [-0.2, 0) is 6.42 Å². The lowest BCUT2D eigenvalue weighted by molar-refractivity contribution is 0.966. The van der Waals surface area contributed by atoms with Crippen molar-refractivity contribution < 1.29 is 0 Å². The van der Waals surface area contributed by atoms with Gasteiger partial charge in [-0.2, -0.15) is 0 Å². The van der Waals surface area contributed by atoms with E-state index in [0.717, 1.165) is 23.5 Å². The molecule has 0 unspecified atom stereocenters. The molecule has 58 valence electrons. The van der Waals surface area contributed by atoms with Gasteiger partial charge < -0.3 is 0 Å². The van der Waals surface area contributed by atoms with Crippen molar-refractivity contribution >= 4 is 6.08 Å². The molecule has 1 aromatic heterocycles. The largest absolute Gasteiger partial charge is 0.257 e. The van der Waals surface area contributed by atoms with Crippen LogP contribution in [-0.4, -0.2) is 9.97 Å². The molecular weight excluding hydrogens is 136 g/mol. The van der Waals surface area contributed by atoms with Gasteiger partial charge in [0.05, 0.1) is 17.1 Å². The van der Waals surface area contributed by atoms with E-state index in [9.17, 15) is 0 Å². The lowest BCUT2D eigenvalue weighted by Gasteiger charge is -2.00. The molecule has 0 bridgehead atoms. The first-order valence-corrected chi connectivity index (χ1v) is 3.73. The molecule has 1 heterocycles. The summed E-state index contributed by atoms with van der Waals surface area (Å²) in [5.41, 5.74) is 2.87. The van der Waals surface area contributed by atoms with Gasteiger partial charge in [0.1, 0.15) is 0 Å². The number of aryl methyl sites for hydroxylation is 2. The Morgan fingerprint density at radius 2 is 2.36 bits per heavy atom. The van der Waals surface area contributed by atoms with Crippen LogP contribution in [0.2, 0.25) is 0 Å². The average molecular weight is 148 g/mol. The molecule has 0 aliphatic rings. The normalized spacial score (nSPS) is 9.64. The predicted molar refractivity (Wildman–Crippen MR) is 46.2 cm³/mol. The number of rotatable bonds is 2. The lowest BCUT2D eigenvalue weighted by atomic mass is 10.2. The predicted octanol–water partition coefficient (Wildman–Crippen LogP) is 1.99. The maximum Gasteiger partial charge on any atom is 0.0842 e. The fourth-order valence-corrected chi connectivity index (χ4v) is 0.957. The van der Waals surface area contributed by atoms with Gasteiger partial charge in [0.2, 0.25) is 0 Å². The Kier molecular flexibility index (Phi) is 2.36. The second-order valence-corrected chi connectivity index (χ2v) is 2.40. The summed E-state index contributed by atoms with van der Waals surface area (Å²) in [5.74, 6) is 0. The summed E-state index contributed by atoms with van der Waals surface area (Å²) in [6.45, 7) is 7.67. The van der Waals surface area contributed by atoms with Gasteiger partial charge in [0.25, 0.3) is 0 Å². The summed E-state index contributed by atoms with van der Waals surface area (Å²) in [5, 5.41) is 0. The third kappa shape index (κ3) is 1.64. The van der Waals surface area contributed by atoms with Crippen molar-refractivity contribution in [1.82, 2.24) is 9.97 Å². The van der Waals surface area contributed by atoms with Gasteiger partial charge in [-0.3, -0.25) is 9.97 Å². The van der Waals surface area contributed by atoms with Crippen LogP contribution in [0.15, 0.2) is 12.8 Å². The van der Waals surface area contributed by atoms with Crippen LogP contribution in [0.3, 0.4) is 0 Å². The molecule has 2 heteroatoms. The van der Waals surface area contributed by atoms with E-state index >= 15 is 0 Å². The third-order valence-electron chi connectivity index (χ3n) is 1.53. The smallest absolute Gasteiger partial charge is 0.0842 e. The molecule has 0 atom stereocenters. The monoisotopic (exact) mass is 148 g/mol. The van der Waals surface area contributed by atoms with Crippen molar-refractivity contribution in [3.63, 3.8) is 0 Å². The zero-order chi connectivity index (χ0) is 8.27. The van der Waals surface area contributed by atoms with Crippen LogP contribution >= 0.6 is 0 Å². The Labute approximate surface area is 67.0 Å². The molecule has 0 aliphatic carbocycles. The number of nitrogens with zero attached hydrogens (tertiary/aromatic N) is 2. The molecule has 0 N–H and O–H groups in total. The first-order valence-electron chi connectivity index (χ1n) is 3.73. The summed E-state index contributed by atoms with van der Waals surface area (Å²) in [7, 11) is 0. The average Bonchev–Trinajstić information content (AvgIpc) is 2.04. The highest BCUT2D eigenvalue weighted by molar-refractivity contribution is 5.44. The maximum atomic E-state index is 4.28. The molecule has 1 aromatic rings. The Hall–Kier alpha value is -1.18. The van der Waals surface area contributed by atoms with Crippen molar-refractivity contribution in [2.24, 2.45) is 0 Å². The van der Waals surface area contributed by atoms with Crippen molar-refractivity contribution in [2.45, 2.75) is 20.3 Å². The maximum absolute atomic E-state index is 4.28. The molecular formula is C9H12N2. The second kappa shape index (κ2) is 3.28. The summed E-state index contributed by atoms with van der Waals surface area (Å²) < 4.78 is 0. The Balaban J connectivity index is 3.16. The summed E-state index contributed by atoms with van der Waals surface area (Å²) in [6.07, 6.45) is 4.44. The molecule has 0 saturated heterocycles. The van der Waals surface area contributed by atoms with Crippen molar-refractivity contribution in [2.75, 3.05) is 0 Å². The minimum absolute atomic E-state index is 0.910. The summed E-state index contributed by atoms with van der Waals surface area (Å²) in [6, 6.07) is 0. The fraction of sp³-hybridized carbons (Fsp3) is 0.333. The minimum Gasteiger partial charge on any atom is -0.257 e. The minimum atomic E-state index is 0.910. The van der Waals surface area contributed by atoms with Crippen molar-refractivity contribution in [3.8, 4) is 0 Å². The van der Waals surface area contributed by atoms with E-state index in [1.165, 1.54) is 0 Å². The number of hydrogen-bond donors (Lipinski definition) is 0. The molecule has 2 nitrogen and oxygen atoms in total. The van der Waals surface area contributed by atoms with Gasteiger partial charge in [-0.25, -0.2) is 0 Å². The molecule has 1 rings (SSSR count). The van der Waals surface area contributed by atoms with Crippen molar-refractivity contribution in [1.29, 1.82) is 0 Å². The zero-order valence-corrected chi connectivity index (χ0v) is 6.96. The summed E-state index contributed by atoms with van der Waals surface area (Å²) in [4.78, 5) is 8.52. The van der Waals surface area contributed by atoms with E-state index in [1.807, 2.05) is 6.92 Å². The highest BCUT2D eigenvalue weighted by Gasteiger charge is 1.98. The van der Waals surface area contributed by atoms with Gasteiger partial charge in [-0.05, 0) is 19.4 Å². The van der Waals surface area contributed by atoms with Gasteiger partial charge in [-0.1, -0.05) is 13.5 Å². The topological polar surface area (TPSA) is 25.8 Å². The van der Waals surface area contributed by atoms with E-state index in [0.29, 0.717) is 0 Å². The van der Waals surface area contributed by atoms with Crippen LogP contribution in [0.5, 0.6) is 0 Å². The van der Waals surface area contributed by atoms with E-state index < -0.39 is 0 Å². The van der Waals surface area contributed by atoms with Crippen LogP contribution in [0.4, 0.5) is 0 Å². The van der Waals surface area contributed by atoms with Crippen molar-refractivity contribution in [3.05, 3.63) is 29.9 Å². The van der Waals surface area contributed by atoms with Crippen LogP contribution in [0.25, 0.3) is 6.08 Å². The van der Waals surface area contributed by atoms with E-state index in [-0.39, 0.29) is 0 Å². The Morgan fingerprint density at radius 1 is 1.64 bits per heavy atom. The highest BCUT2D eigenvalue weighted by Crippen LogP contribution is 2.05. The molecule has 0 aromatic carbocycles. The number of aromatic nitrogens is 2. The number of hydrogen-bond acceptors (Lipinski definition) is 2. The Morgan fingerprint density at radius 3 is 2.91 bits per heavy atom. The standard InChI is InChI=1S/C9H12N2/c1-4-8-9(5-2)11-7(3)6-10-8/h5-6H,2,4H2,1,3H3. The summed E-state index contributed by atoms with van der Waals surface area (Å²) >= 11 is 0. The van der Waals surface area contributed by atoms with Gasteiger partial charge in [-0.15, -0.1) is 0 Å². The second-order valence-electron chi connectivity index (χ2n) is 2.40. The molecule has 0 saturated carbocycles. The Bertz CT molecular complexity index is 266. The van der Waals surface area contributed by atoms with Gasteiger partial charge in [0.15, 0.2) is 0 Å². The van der Waals surface area contributed by atoms with E-state index in [2.05, 4.69) is 23.5 Å². The first kappa shape index (κ1) is 7.92. The fourth-order valence-electron chi connectivity index (χ4n) is 0.957. The quantitative estimate of drug-likeness (QED) is 0.641. The first-order chi connectivity index (χ1) is 5.27. The molecule has 0 fully saturated rings. The van der Waals surface area contributed by atoms with E-state index in [1.54, 1.807) is 12.3 Å². The molecule has 0 radical (unpaired) electrons. The third-order valence-corrected chi connectivity index (χ3v) is 1.53. The van der Waals surface area contributed by atoms with Crippen LogP contribution in [0.1, 0.15) is 24.0 Å². The SMILES string of the molecule is C=Cc1nc(C)cnc1CC. The van der Waals surface area contributed by atoms with Crippen LogP contribution in [0, 0.1) is 6.92 Å². The van der Waals surface area contributed by atoms with Gasteiger partial charge in [0, 0.05) is 6.20 Å². The molecule has 0 aliphatic heterocycles. The lowest BCUT2D eigenvalue weighted by Crippen LogP contribution is -1.96. The molecule has 0 amide bonds. The van der Waals surface area contributed by atoms with Gasteiger partial charge >= 0.3 is 0 Å². The van der Waals surface area contributed by atoms with E-state index in [4.69, 9.17) is 0 Å².